The molecule has 82 valence electrons. The summed E-state index contributed by atoms with van der Waals surface area (Å²) in [7, 11) is 0. The van der Waals surface area contributed by atoms with E-state index in [0.717, 1.165) is 5.56 Å². The standard InChI is InChI=1S/C11H11N3O2/c1-9-10(7-13-6-5-12-8-13)3-2-4-11(9)14(15)16/h2-6,8H,7H2,1H3. The number of hydrogen-bond donors (Lipinski definition) is 0. The lowest BCUT2D eigenvalue weighted by molar-refractivity contribution is -0.385. The van der Waals surface area contributed by atoms with E-state index in [9.17, 15) is 10.1 Å². The summed E-state index contributed by atoms with van der Waals surface area (Å²) in [5, 5.41) is 10.8. The van der Waals surface area contributed by atoms with Gasteiger partial charge in [-0.05, 0) is 12.5 Å². The van der Waals surface area contributed by atoms with Crippen molar-refractivity contribution in [1.29, 1.82) is 0 Å². The van der Waals surface area contributed by atoms with Crippen molar-refractivity contribution in [3.8, 4) is 0 Å². The molecule has 0 N–H and O–H groups in total. The summed E-state index contributed by atoms with van der Waals surface area (Å²) in [4.78, 5) is 14.3. The fourth-order valence-corrected chi connectivity index (χ4v) is 1.62. The van der Waals surface area contributed by atoms with Gasteiger partial charge in [0, 0.05) is 30.6 Å². The highest BCUT2D eigenvalue weighted by Crippen LogP contribution is 2.21. The normalized spacial score (nSPS) is 10.3. The Kier molecular flexibility index (Phi) is 2.68. The number of imidazole rings is 1. The van der Waals surface area contributed by atoms with Crippen LogP contribution in [0.4, 0.5) is 5.69 Å². The van der Waals surface area contributed by atoms with Crippen LogP contribution in [0.5, 0.6) is 0 Å². The van der Waals surface area contributed by atoms with Crippen molar-refractivity contribution >= 4 is 5.69 Å². The quantitative estimate of drug-likeness (QED) is 0.584. The van der Waals surface area contributed by atoms with Crippen LogP contribution in [0.2, 0.25) is 0 Å². The number of nitrogens with zero attached hydrogens (tertiary/aromatic N) is 3. The van der Waals surface area contributed by atoms with Gasteiger partial charge in [0.2, 0.25) is 0 Å². The summed E-state index contributed by atoms with van der Waals surface area (Å²) >= 11 is 0. The molecule has 0 unspecified atom stereocenters. The summed E-state index contributed by atoms with van der Waals surface area (Å²) in [6.45, 7) is 2.37. The molecule has 0 amide bonds. The zero-order valence-corrected chi connectivity index (χ0v) is 8.83. The van der Waals surface area contributed by atoms with E-state index >= 15 is 0 Å². The second kappa shape index (κ2) is 4.14. The molecule has 0 saturated carbocycles. The summed E-state index contributed by atoms with van der Waals surface area (Å²) < 4.78 is 1.88. The number of nitro groups is 1. The van der Waals surface area contributed by atoms with E-state index in [1.54, 1.807) is 25.5 Å². The van der Waals surface area contributed by atoms with Crippen LogP contribution in [0, 0.1) is 17.0 Å². The van der Waals surface area contributed by atoms with Crippen LogP contribution in [0.3, 0.4) is 0 Å². The van der Waals surface area contributed by atoms with Gasteiger partial charge in [0.25, 0.3) is 5.69 Å². The Morgan fingerprint density at radius 3 is 2.94 bits per heavy atom. The zero-order valence-electron chi connectivity index (χ0n) is 8.83. The number of benzene rings is 1. The molecule has 0 radical (unpaired) electrons. The number of rotatable bonds is 3. The summed E-state index contributed by atoms with van der Waals surface area (Å²) in [6, 6.07) is 5.12. The minimum absolute atomic E-state index is 0.164. The van der Waals surface area contributed by atoms with E-state index in [2.05, 4.69) is 4.98 Å². The molecule has 0 spiro atoms. The molecule has 0 bridgehead atoms. The average Bonchev–Trinajstić information content (AvgIpc) is 2.73. The Hall–Kier alpha value is -2.17. The number of nitro benzene ring substituents is 1. The van der Waals surface area contributed by atoms with Crippen molar-refractivity contribution in [3.63, 3.8) is 0 Å². The molecule has 1 heterocycles. The maximum Gasteiger partial charge on any atom is 0.272 e. The van der Waals surface area contributed by atoms with Crippen molar-refractivity contribution < 1.29 is 4.92 Å². The van der Waals surface area contributed by atoms with Gasteiger partial charge in [-0.25, -0.2) is 4.98 Å². The van der Waals surface area contributed by atoms with Crippen LogP contribution in [0.1, 0.15) is 11.1 Å². The summed E-state index contributed by atoms with van der Waals surface area (Å²) in [5.41, 5.74) is 1.81. The van der Waals surface area contributed by atoms with E-state index < -0.39 is 0 Å². The van der Waals surface area contributed by atoms with Gasteiger partial charge in [-0.15, -0.1) is 0 Å². The lowest BCUT2D eigenvalue weighted by Crippen LogP contribution is -2.01. The molecule has 16 heavy (non-hydrogen) atoms. The molecular formula is C11H11N3O2. The Morgan fingerprint density at radius 2 is 2.31 bits per heavy atom. The van der Waals surface area contributed by atoms with Crippen LogP contribution in [0.15, 0.2) is 36.9 Å². The Bertz CT molecular complexity index is 506. The van der Waals surface area contributed by atoms with Crippen molar-refractivity contribution in [2.75, 3.05) is 0 Å². The largest absolute Gasteiger partial charge is 0.333 e. The third kappa shape index (κ3) is 1.93. The lowest BCUT2D eigenvalue weighted by atomic mass is 10.1. The first-order valence-electron chi connectivity index (χ1n) is 4.87. The van der Waals surface area contributed by atoms with Crippen molar-refractivity contribution in [2.24, 2.45) is 0 Å². The van der Waals surface area contributed by atoms with Crippen LogP contribution in [-0.4, -0.2) is 14.5 Å². The third-order valence-corrected chi connectivity index (χ3v) is 2.53. The second-order valence-electron chi connectivity index (χ2n) is 3.55. The second-order valence-corrected chi connectivity index (χ2v) is 3.55. The Morgan fingerprint density at radius 1 is 1.50 bits per heavy atom. The Labute approximate surface area is 92.5 Å². The summed E-state index contributed by atoms with van der Waals surface area (Å²) in [5.74, 6) is 0. The molecule has 0 saturated heterocycles. The van der Waals surface area contributed by atoms with E-state index in [1.807, 2.05) is 16.8 Å². The van der Waals surface area contributed by atoms with E-state index in [0.29, 0.717) is 12.1 Å². The van der Waals surface area contributed by atoms with Crippen LogP contribution < -0.4 is 0 Å². The summed E-state index contributed by atoms with van der Waals surface area (Å²) in [6.07, 6.45) is 5.21. The third-order valence-electron chi connectivity index (χ3n) is 2.53. The van der Waals surface area contributed by atoms with E-state index in [4.69, 9.17) is 0 Å². The first kappa shape index (κ1) is 10.4. The molecule has 2 rings (SSSR count). The minimum Gasteiger partial charge on any atom is -0.333 e. The smallest absolute Gasteiger partial charge is 0.272 e. The first-order chi connectivity index (χ1) is 7.68. The van der Waals surface area contributed by atoms with E-state index in [-0.39, 0.29) is 10.6 Å². The first-order valence-corrected chi connectivity index (χ1v) is 4.87. The molecule has 0 fully saturated rings. The molecule has 0 atom stereocenters. The topological polar surface area (TPSA) is 61.0 Å². The van der Waals surface area contributed by atoms with Gasteiger partial charge in [-0.3, -0.25) is 10.1 Å². The average molecular weight is 217 g/mol. The number of aromatic nitrogens is 2. The van der Waals surface area contributed by atoms with Gasteiger partial charge in [0.1, 0.15) is 0 Å². The monoisotopic (exact) mass is 217 g/mol. The van der Waals surface area contributed by atoms with Crippen molar-refractivity contribution in [1.82, 2.24) is 9.55 Å². The SMILES string of the molecule is Cc1c(Cn2ccnc2)cccc1[N+](=O)[O-]. The molecule has 0 aliphatic carbocycles. The van der Waals surface area contributed by atoms with Gasteiger partial charge < -0.3 is 4.57 Å². The predicted octanol–water partition coefficient (Wildman–Crippen LogP) is 2.15. The highest BCUT2D eigenvalue weighted by molar-refractivity contribution is 5.44. The Balaban J connectivity index is 2.35. The van der Waals surface area contributed by atoms with Gasteiger partial charge in [0.15, 0.2) is 0 Å². The van der Waals surface area contributed by atoms with Gasteiger partial charge in [0.05, 0.1) is 11.3 Å². The van der Waals surface area contributed by atoms with Crippen LogP contribution in [0.25, 0.3) is 0 Å². The van der Waals surface area contributed by atoms with E-state index in [1.165, 1.54) is 6.07 Å². The molecule has 1 aromatic carbocycles. The van der Waals surface area contributed by atoms with Crippen molar-refractivity contribution in [3.05, 3.63) is 58.2 Å². The molecule has 5 nitrogen and oxygen atoms in total. The van der Waals surface area contributed by atoms with Gasteiger partial charge in [-0.1, -0.05) is 12.1 Å². The molecule has 5 heteroatoms. The molecular weight excluding hydrogens is 206 g/mol. The maximum atomic E-state index is 10.8. The van der Waals surface area contributed by atoms with Crippen LogP contribution in [-0.2, 0) is 6.54 Å². The molecule has 1 aromatic heterocycles. The predicted molar refractivity (Wildman–Crippen MR) is 59.2 cm³/mol. The number of hydrogen-bond acceptors (Lipinski definition) is 3. The fraction of sp³-hybridized carbons (Fsp3) is 0.182. The molecule has 0 aliphatic heterocycles. The molecule has 2 aromatic rings. The lowest BCUT2D eigenvalue weighted by Gasteiger charge is -2.06. The zero-order chi connectivity index (χ0) is 11.5. The van der Waals surface area contributed by atoms with Crippen molar-refractivity contribution in [2.45, 2.75) is 13.5 Å². The fourth-order valence-electron chi connectivity index (χ4n) is 1.62. The van der Waals surface area contributed by atoms with Gasteiger partial charge >= 0.3 is 0 Å². The highest BCUT2D eigenvalue weighted by Gasteiger charge is 2.12. The van der Waals surface area contributed by atoms with Gasteiger partial charge in [-0.2, -0.15) is 0 Å². The minimum atomic E-state index is -0.354. The molecule has 0 aliphatic rings. The highest BCUT2D eigenvalue weighted by atomic mass is 16.6. The van der Waals surface area contributed by atoms with Crippen LogP contribution >= 0.6 is 0 Å². The maximum absolute atomic E-state index is 10.8.